The maximum Gasteiger partial charge on any atom is 0.410 e. The predicted octanol–water partition coefficient (Wildman–Crippen LogP) is 3.98. The van der Waals surface area contributed by atoms with Crippen molar-refractivity contribution in [1.82, 2.24) is 9.80 Å². The SMILES string of the molecule is CC(C)C[C@H]1COC(=O)N1C1CCN(C(=O)c2ccc(Br)s2)CC1. The van der Waals surface area contributed by atoms with Gasteiger partial charge >= 0.3 is 6.09 Å². The molecule has 2 aliphatic rings. The molecule has 1 aromatic rings. The van der Waals surface area contributed by atoms with Gasteiger partial charge in [0.2, 0.25) is 0 Å². The number of cyclic esters (lactones) is 1. The van der Waals surface area contributed by atoms with Crippen LogP contribution in [0, 0.1) is 5.92 Å². The lowest BCUT2D eigenvalue weighted by Gasteiger charge is -2.38. The molecule has 0 aromatic carbocycles. The number of carbonyl (C=O) groups excluding carboxylic acids is 2. The van der Waals surface area contributed by atoms with E-state index >= 15 is 0 Å². The van der Waals surface area contributed by atoms with Crippen molar-refractivity contribution in [3.63, 3.8) is 0 Å². The number of likely N-dealkylation sites (tertiary alicyclic amines) is 1. The highest BCUT2D eigenvalue weighted by atomic mass is 79.9. The number of hydrogen-bond donors (Lipinski definition) is 0. The lowest BCUT2D eigenvalue weighted by atomic mass is 9.98. The standard InChI is InChI=1S/C17H23BrN2O3S/c1-11(2)9-13-10-23-17(22)20(13)12-5-7-19(8-6-12)16(21)14-3-4-15(18)24-14/h3-4,11-13H,5-10H2,1-2H3/t13-/m0/s1. The highest BCUT2D eigenvalue weighted by Gasteiger charge is 2.40. The van der Waals surface area contributed by atoms with Crippen molar-refractivity contribution in [3.05, 3.63) is 20.8 Å². The van der Waals surface area contributed by atoms with E-state index in [1.54, 1.807) is 0 Å². The Bertz CT molecular complexity index is 611. The number of hydrogen-bond acceptors (Lipinski definition) is 4. The third-order valence-corrected chi connectivity index (χ3v) is 6.29. The number of amides is 2. The van der Waals surface area contributed by atoms with Gasteiger partial charge in [-0.25, -0.2) is 4.79 Å². The van der Waals surface area contributed by atoms with Crippen LogP contribution in [0.5, 0.6) is 0 Å². The number of rotatable bonds is 4. The van der Waals surface area contributed by atoms with Crippen molar-refractivity contribution < 1.29 is 14.3 Å². The molecule has 1 atom stereocenters. The largest absolute Gasteiger partial charge is 0.447 e. The van der Waals surface area contributed by atoms with Gasteiger partial charge in [-0.1, -0.05) is 13.8 Å². The number of piperidine rings is 1. The fraction of sp³-hybridized carbons (Fsp3) is 0.647. The molecular weight excluding hydrogens is 392 g/mol. The second-order valence-electron chi connectivity index (χ2n) is 6.89. The lowest BCUT2D eigenvalue weighted by molar-refractivity contribution is 0.0635. The Morgan fingerprint density at radius 2 is 2.08 bits per heavy atom. The van der Waals surface area contributed by atoms with E-state index in [4.69, 9.17) is 4.74 Å². The minimum atomic E-state index is -0.187. The summed E-state index contributed by atoms with van der Waals surface area (Å²) in [6.07, 6.45) is 2.42. The first-order chi connectivity index (χ1) is 11.5. The first-order valence-corrected chi connectivity index (χ1v) is 10.1. The van der Waals surface area contributed by atoms with Crippen LogP contribution in [0.4, 0.5) is 4.79 Å². The van der Waals surface area contributed by atoms with Gasteiger partial charge in [0.1, 0.15) is 6.61 Å². The van der Waals surface area contributed by atoms with E-state index in [-0.39, 0.29) is 24.1 Å². The van der Waals surface area contributed by atoms with E-state index in [1.165, 1.54) is 11.3 Å². The van der Waals surface area contributed by atoms with Gasteiger partial charge in [-0.15, -0.1) is 11.3 Å². The van der Waals surface area contributed by atoms with Gasteiger partial charge in [-0.05, 0) is 53.2 Å². The second-order valence-corrected chi connectivity index (χ2v) is 9.36. The molecule has 0 unspecified atom stereocenters. The second kappa shape index (κ2) is 7.44. The van der Waals surface area contributed by atoms with Gasteiger partial charge in [0.25, 0.3) is 5.91 Å². The number of halogens is 1. The molecule has 0 N–H and O–H groups in total. The first kappa shape index (κ1) is 17.7. The Hall–Kier alpha value is -1.08. The Morgan fingerprint density at radius 1 is 1.38 bits per heavy atom. The molecule has 1 aromatic heterocycles. The minimum absolute atomic E-state index is 0.0897. The lowest BCUT2D eigenvalue weighted by Crippen LogP contribution is -2.49. The molecule has 0 spiro atoms. The van der Waals surface area contributed by atoms with Crippen molar-refractivity contribution in [2.75, 3.05) is 19.7 Å². The van der Waals surface area contributed by atoms with Crippen LogP contribution in [0.1, 0.15) is 42.8 Å². The average molecular weight is 415 g/mol. The minimum Gasteiger partial charge on any atom is -0.447 e. The van der Waals surface area contributed by atoms with Crippen molar-refractivity contribution in [2.45, 2.75) is 45.2 Å². The van der Waals surface area contributed by atoms with Crippen LogP contribution in [0.25, 0.3) is 0 Å². The summed E-state index contributed by atoms with van der Waals surface area (Å²) in [5.74, 6) is 0.623. The number of thiophene rings is 1. The van der Waals surface area contributed by atoms with Crippen molar-refractivity contribution >= 4 is 39.3 Å². The molecule has 132 valence electrons. The summed E-state index contributed by atoms with van der Waals surface area (Å²) < 4.78 is 6.25. The Labute approximate surface area is 155 Å². The van der Waals surface area contributed by atoms with Gasteiger partial charge in [-0.2, -0.15) is 0 Å². The summed E-state index contributed by atoms with van der Waals surface area (Å²) in [5.41, 5.74) is 0. The fourth-order valence-electron chi connectivity index (χ4n) is 3.58. The van der Waals surface area contributed by atoms with Gasteiger partial charge in [-0.3, -0.25) is 9.69 Å². The fourth-order valence-corrected chi connectivity index (χ4v) is 4.93. The average Bonchev–Trinajstić information content (AvgIpc) is 3.13. The smallest absolute Gasteiger partial charge is 0.410 e. The van der Waals surface area contributed by atoms with Crippen molar-refractivity contribution in [2.24, 2.45) is 5.92 Å². The summed E-state index contributed by atoms with van der Waals surface area (Å²) in [6, 6.07) is 4.13. The van der Waals surface area contributed by atoms with E-state index in [0.29, 0.717) is 25.6 Å². The van der Waals surface area contributed by atoms with Gasteiger partial charge in [0, 0.05) is 19.1 Å². The third kappa shape index (κ3) is 3.77. The van der Waals surface area contributed by atoms with Crippen LogP contribution in [0.2, 0.25) is 0 Å². The van der Waals surface area contributed by atoms with Gasteiger partial charge in [0.05, 0.1) is 14.7 Å². The van der Waals surface area contributed by atoms with Gasteiger partial charge < -0.3 is 9.64 Å². The van der Waals surface area contributed by atoms with E-state index in [1.807, 2.05) is 21.9 Å². The number of carbonyl (C=O) groups is 2. The van der Waals surface area contributed by atoms with E-state index in [9.17, 15) is 9.59 Å². The normalized spacial score (nSPS) is 22.3. The molecular formula is C17H23BrN2O3S. The third-order valence-electron chi connectivity index (χ3n) is 4.68. The zero-order valence-corrected chi connectivity index (χ0v) is 16.4. The highest BCUT2D eigenvalue weighted by Crippen LogP contribution is 2.29. The molecule has 2 aliphatic heterocycles. The van der Waals surface area contributed by atoms with Crippen molar-refractivity contribution in [3.8, 4) is 0 Å². The molecule has 2 saturated heterocycles. The Kier molecular flexibility index (Phi) is 5.49. The van der Waals surface area contributed by atoms with Crippen LogP contribution in [0.3, 0.4) is 0 Å². The predicted molar refractivity (Wildman–Crippen MR) is 97.4 cm³/mol. The monoisotopic (exact) mass is 414 g/mol. The zero-order chi connectivity index (χ0) is 17.3. The number of ether oxygens (including phenoxy) is 1. The summed E-state index contributed by atoms with van der Waals surface area (Å²) >= 11 is 4.87. The van der Waals surface area contributed by atoms with Crippen molar-refractivity contribution in [1.29, 1.82) is 0 Å². The topological polar surface area (TPSA) is 49.9 Å². The van der Waals surface area contributed by atoms with Crippen LogP contribution < -0.4 is 0 Å². The molecule has 5 nitrogen and oxygen atoms in total. The van der Waals surface area contributed by atoms with E-state index < -0.39 is 0 Å². The van der Waals surface area contributed by atoms with Gasteiger partial charge in [0.15, 0.2) is 0 Å². The zero-order valence-electron chi connectivity index (χ0n) is 14.0. The van der Waals surface area contributed by atoms with Crippen LogP contribution in [-0.2, 0) is 4.74 Å². The maximum absolute atomic E-state index is 12.5. The first-order valence-electron chi connectivity index (χ1n) is 8.45. The van der Waals surface area contributed by atoms with E-state index in [2.05, 4.69) is 29.8 Å². The van der Waals surface area contributed by atoms with E-state index in [0.717, 1.165) is 27.9 Å². The molecule has 2 amide bonds. The summed E-state index contributed by atoms with van der Waals surface area (Å²) in [7, 11) is 0. The van der Waals surface area contributed by atoms with Crippen LogP contribution in [-0.4, -0.2) is 53.6 Å². The van der Waals surface area contributed by atoms with Crippen LogP contribution >= 0.6 is 27.3 Å². The molecule has 0 aliphatic carbocycles. The molecule has 0 radical (unpaired) electrons. The molecule has 0 bridgehead atoms. The summed E-state index contributed by atoms with van der Waals surface area (Å²) in [4.78, 5) is 29.2. The molecule has 2 fully saturated rings. The molecule has 7 heteroatoms. The maximum atomic E-state index is 12.5. The summed E-state index contributed by atoms with van der Waals surface area (Å²) in [6.45, 7) is 6.22. The van der Waals surface area contributed by atoms with Crippen LogP contribution in [0.15, 0.2) is 15.9 Å². The molecule has 24 heavy (non-hydrogen) atoms. The Morgan fingerprint density at radius 3 is 2.67 bits per heavy atom. The number of nitrogens with zero attached hydrogens (tertiary/aromatic N) is 2. The molecule has 0 saturated carbocycles. The molecule has 3 heterocycles. The molecule has 3 rings (SSSR count). The summed E-state index contributed by atoms with van der Waals surface area (Å²) in [5, 5.41) is 0. The highest BCUT2D eigenvalue weighted by molar-refractivity contribution is 9.11. The Balaban J connectivity index is 1.60. The quantitative estimate of drug-likeness (QED) is 0.748.